The third-order valence-electron chi connectivity index (χ3n) is 5.24. The number of benzene rings is 2. The standard InChI is InChI=1S/C21H23NO4.C5H10.C3H6.2C2H6/c1-13-18(19-12-16(25-4)8-9-20(19)22(13)3)11-15-6-5-7-17(10-15)26-14(2)21(23)24;1-3-5-4-2;1-3-2;2*1-2/h5-10,12,14H,11H2,1-4H3,(H,23,24);3,5H,4H2,1-2H3;3H,1H2,2H3;2*1-2H3/b;5-3+;;;. The van der Waals surface area contributed by atoms with E-state index < -0.39 is 12.1 Å². The largest absolute Gasteiger partial charge is 0.497 e. The number of aromatic nitrogens is 1. The van der Waals surface area contributed by atoms with Gasteiger partial charge in [-0.3, -0.25) is 0 Å². The fourth-order valence-corrected chi connectivity index (χ4v) is 3.40. The van der Waals surface area contributed by atoms with Gasteiger partial charge in [-0.1, -0.05) is 65.0 Å². The summed E-state index contributed by atoms with van der Waals surface area (Å²) in [6.45, 7) is 21.0. The van der Waals surface area contributed by atoms with Gasteiger partial charge in [-0.25, -0.2) is 4.79 Å². The van der Waals surface area contributed by atoms with Gasteiger partial charge in [-0.2, -0.15) is 0 Å². The number of aryl methyl sites for hydroxylation is 1. The van der Waals surface area contributed by atoms with Gasteiger partial charge in [0.1, 0.15) is 11.5 Å². The van der Waals surface area contributed by atoms with Crippen molar-refractivity contribution in [1.82, 2.24) is 4.57 Å². The van der Waals surface area contributed by atoms with Crippen LogP contribution in [0.1, 0.15) is 78.6 Å². The van der Waals surface area contributed by atoms with Crippen molar-refractivity contribution >= 4 is 16.9 Å². The zero-order valence-electron chi connectivity index (χ0n) is 25.6. The molecule has 3 aromatic rings. The summed E-state index contributed by atoms with van der Waals surface area (Å²) in [5.74, 6) is 0.414. The Morgan fingerprint density at radius 3 is 2.16 bits per heavy atom. The minimum Gasteiger partial charge on any atom is -0.497 e. The molecule has 5 nitrogen and oxygen atoms in total. The van der Waals surface area contributed by atoms with Crippen LogP contribution >= 0.6 is 0 Å². The molecule has 0 bridgehead atoms. The highest BCUT2D eigenvalue weighted by Gasteiger charge is 2.15. The van der Waals surface area contributed by atoms with Gasteiger partial charge in [0.25, 0.3) is 0 Å². The molecule has 1 atom stereocenters. The Kier molecular flexibility index (Phi) is 20.9. The van der Waals surface area contributed by atoms with Gasteiger partial charge in [-0.15, -0.1) is 6.58 Å². The predicted octanol–water partition coefficient (Wildman–Crippen LogP) is 9.16. The molecular weight excluding hydrogens is 474 g/mol. The first-order chi connectivity index (χ1) is 18.2. The van der Waals surface area contributed by atoms with Crippen molar-refractivity contribution in [2.24, 2.45) is 7.05 Å². The third kappa shape index (κ3) is 12.2. The second-order valence-corrected chi connectivity index (χ2v) is 7.81. The van der Waals surface area contributed by atoms with Gasteiger partial charge in [-0.05, 0) is 82.0 Å². The first kappa shape index (κ1) is 36.7. The molecule has 0 amide bonds. The summed E-state index contributed by atoms with van der Waals surface area (Å²) in [4.78, 5) is 11.0. The number of carboxylic acid groups (broad SMARTS) is 1. The molecule has 0 aliphatic rings. The zero-order valence-corrected chi connectivity index (χ0v) is 25.6. The zero-order chi connectivity index (χ0) is 29.7. The number of hydrogen-bond donors (Lipinski definition) is 1. The number of allylic oxidation sites excluding steroid dienone is 3. The SMILES string of the molecule is C/C=C/CC.C=CC.CC.CC.COc1ccc2c(c1)c(Cc1cccc(OC(C)C(=O)O)c1)c(C)n2C. The van der Waals surface area contributed by atoms with Gasteiger partial charge >= 0.3 is 5.97 Å². The monoisotopic (exact) mass is 525 g/mol. The fraction of sp³-hybridized carbons (Fsp3) is 0.424. The van der Waals surface area contributed by atoms with Crippen molar-refractivity contribution in [1.29, 1.82) is 0 Å². The van der Waals surface area contributed by atoms with Gasteiger partial charge in [0.2, 0.25) is 0 Å². The Hall–Kier alpha value is -3.47. The van der Waals surface area contributed by atoms with Crippen LogP contribution in [0.5, 0.6) is 11.5 Å². The van der Waals surface area contributed by atoms with Crippen LogP contribution in [0.4, 0.5) is 0 Å². The van der Waals surface area contributed by atoms with Gasteiger partial charge < -0.3 is 19.1 Å². The van der Waals surface area contributed by atoms with E-state index in [2.05, 4.69) is 56.3 Å². The van der Waals surface area contributed by atoms with E-state index in [9.17, 15) is 4.79 Å². The lowest BCUT2D eigenvalue weighted by molar-refractivity contribution is -0.144. The van der Waals surface area contributed by atoms with Crippen molar-refractivity contribution in [3.05, 3.63) is 84.1 Å². The van der Waals surface area contributed by atoms with E-state index in [1.165, 1.54) is 18.2 Å². The topological polar surface area (TPSA) is 60.7 Å². The molecule has 0 saturated carbocycles. The van der Waals surface area contributed by atoms with E-state index in [1.54, 1.807) is 19.3 Å². The molecule has 1 N–H and O–H groups in total. The number of hydrogen-bond acceptors (Lipinski definition) is 3. The molecule has 2 aromatic carbocycles. The second kappa shape index (κ2) is 21.6. The van der Waals surface area contributed by atoms with Gasteiger partial charge in [0.15, 0.2) is 6.10 Å². The Morgan fingerprint density at radius 1 is 1.08 bits per heavy atom. The molecule has 38 heavy (non-hydrogen) atoms. The molecule has 0 saturated heterocycles. The van der Waals surface area contributed by atoms with Crippen molar-refractivity contribution in [3.8, 4) is 11.5 Å². The van der Waals surface area contributed by atoms with Crippen LogP contribution in [0.15, 0.2) is 67.3 Å². The van der Waals surface area contributed by atoms with Gasteiger partial charge in [0.05, 0.1) is 7.11 Å². The number of nitrogens with zero attached hydrogens (tertiary/aromatic N) is 1. The molecule has 0 fully saturated rings. The summed E-state index contributed by atoms with van der Waals surface area (Å²) in [5.41, 5.74) is 4.65. The lowest BCUT2D eigenvalue weighted by Gasteiger charge is -2.11. The number of fused-ring (bicyclic) bond motifs is 1. The maximum atomic E-state index is 11.0. The normalized spacial score (nSPS) is 10.3. The highest BCUT2D eigenvalue weighted by Crippen LogP contribution is 2.31. The number of ether oxygens (including phenoxy) is 2. The van der Waals surface area contributed by atoms with Crippen molar-refractivity contribution in [2.75, 3.05) is 7.11 Å². The van der Waals surface area contributed by atoms with E-state index in [0.29, 0.717) is 5.75 Å². The molecule has 0 spiro atoms. The number of methoxy groups -OCH3 is 1. The fourth-order valence-electron chi connectivity index (χ4n) is 3.40. The van der Waals surface area contributed by atoms with E-state index in [4.69, 9.17) is 14.6 Å². The summed E-state index contributed by atoms with van der Waals surface area (Å²) in [6, 6.07) is 13.7. The maximum Gasteiger partial charge on any atom is 0.344 e. The minimum absolute atomic E-state index is 0.563. The smallest absolute Gasteiger partial charge is 0.344 e. The molecule has 1 aromatic heterocycles. The van der Waals surface area contributed by atoms with E-state index in [-0.39, 0.29) is 0 Å². The van der Waals surface area contributed by atoms with Crippen LogP contribution < -0.4 is 9.47 Å². The number of carboxylic acids is 1. The van der Waals surface area contributed by atoms with E-state index >= 15 is 0 Å². The Balaban J connectivity index is 0. The summed E-state index contributed by atoms with van der Waals surface area (Å²) in [7, 11) is 3.72. The first-order valence-electron chi connectivity index (χ1n) is 13.5. The molecule has 1 unspecified atom stereocenters. The number of rotatable bonds is 7. The highest BCUT2D eigenvalue weighted by molar-refractivity contribution is 5.87. The van der Waals surface area contributed by atoms with Crippen molar-refractivity contribution < 1.29 is 19.4 Å². The third-order valence-corrected chi connectivity index (χ3v) is 5.24. The summed E-state index contributed by atoms with van der Waals surface area (Å²) < 4.78 is 13.0. The Bertz CT molecular complexity index is 1100. The summed E-state index contributed by atoms with van der Waals surface area (Å²) >= 11 is 0. The number of carbonyl (C=O) groups is 1. The molecule has 0 radical (unpaired) electrons. The molecule has 212 valence electrons. The molecule has 0 aliphatic carbocycles. The molecule has 1 heterocycles. The quantitative estimate of drug-likeness (QED) is 0.312. The summed E-state index contributed by atoms with van der Waals surface area (Å²) in [5, 5.41) is 10.2. The average Bonchev–Trinajstić information content (AvgIpc) is 3.16. The van der Waals surface area contributed by atoms with Gasteiger partial charge in [0, 0.05) is 23.6 Å². The lowest BCUT2D eigenvalue weighted by Crippen LogP contribution is -2.22. The van der Waals surface area contributed by atoms with E-state index in [0.717, 1.165) is 35.1 Å². The van der Waals surface area contributed by atoms with Crippen LogP contribution in [-0.4, -0.2) is 28.9 Å². The average molecular weight is 526 g/mol. The molecule has 3 rings (SSSR count). The predicted molar refractivity (Wildman–Crippen MR) is 165 cm³/mol. The van der Waals surface area contributed by atoms with Crippen LogP contribution in [-0.2, 0) is 18.3 Å². The Morgan fingerprint density at radius 2 is 1.68 bits per heavy atom. The first-order valence-corrected chi connectivity index (χ1v) is 13.5. The lowest BCUT2D eigenvalue weighted by atomic mass is 10.0. The molecule has 0 aliphatic heterocycles. The number of aliphatic carboxylic acids is 1. The maximum absolute atomic E-state index is 11.0. The van der Waals surface area contributed by atoms with Crippen molar-refractivity contribution in [3.63, 3.8) is 0 Å². The highest BCUT2D eigenvalue weighted by atomic mass is 16.5. The molecular formula is C33H51NO4. The van der Waals surface area contributed by atoms with Crippen molar-refractivity contribution in [2.45, 2.75) is 81.3 Å². The van der Waals surface area contributed by atoms with E-state index in [1.807, 2.05) is 65.8 Å². The van der Waals surface area contributed by atoms with Crippen LogP contribution in [0, 0.1) is 6.92 Å². The van der Waals surface area contributed by atoms with Crippen LogP contribution in [0.25, 0.3) is 10.9 Å². The second-order valence-electron chi connectivity index (χ2n) is 7.81. The minimum atomic E-state index is -0.979. The summed E-state index contributed by atoms with van der Waals surface area (Å²) in [6.07, 6.45) is 6.94. The van der Waals surface area contributed by atoms with Crippen LogP contribution in [0.2, 0.25) is 0 Å². The molecule has 5 heteroatoms. The van der Waals surface area contributed by atoms with Crippen LogP contribution in [0.3, 0.4) is 0 Å². The Labute approximate surface area is 231 Å².